The van der Waals surface area contributed by atoms with Crippen molar-refractivity contribution in [3.63, 3.8) is 0 Å². The lowest BCUT2D eigenvalue weighted by atomic mass is 10.2. The lowest BCUT2D eigenvalue weighted by Gasteiger charge is -2.11. The summed E-state index contributed by atoms with van der Waals surface area (Å²) in [6.45, 7) is -0.764. The Morgan fingerprint density at radius 3 is 2.53 bits per heavy atom. The molecule has 32 heavy (non-hydrogen) atoms. The summed E-state index contributed by atoms with van der Waals surface area (Å²) in [4.78, 5) is 27.8. The third-order valence-electron chi connectivity index (χ3n) is 4.05. The number of esters is 1. The van der Waals surface area contributed by atoms with E-state index in [-0.39, 0.29) is 29.4 Å². The molecule has 0 atom stereocenters. The molecule has 2 aromatic carbocycles. The van der Waals surface area contributed by atoms with Crippen molar-refractivity contribution in [2.24, 2.45) is 0 Å². The molecule has 1 aromatic heterocycles. The molecule has 1 N–H and O–H groups in total. The van der Waals surface area contributed by atoms with Crippen molar-refractivity contribution in [3.05, 3.63) is 89.1 Å². The number of benzene rings is 2. The van der Waals surface area contributed by atoms with Crippen molar-refractivity contribution in [1.82, 2.24) is 4.98 Å². The third kappa shape index (κ3) is 6.17. The SMILES string of the molecule is O=C(COc1ccc(C(=O)OCc2nccc[n+]2[O-])cc1)Nc1cccc(C(F)(F)F)c1. The van der Waals surface area contributed by atoms with Gasteiger partial charge >= 0.3 is 18.0 Å². The molecule has 0 aliphatic heterocycles. The summed E-state index contributed by atoms with van der Waals surface area (Å²) in [5.41, 5.74) is -0.718. The zero-order valence-corrected chi connectivity index (χ0v) is 16.3. The first-order chi connectivity index (χ1) is 15.2. The summed E-state index contributed by atoms with van der Waals surface area (Å²) in [6.07, 6.45) is -1.90. The molecule has 0 aliphatic rings. The number of rotatable bonds is 7. The van der Waals surface area contributed by atoms with Gasteiger partial charge in [0, 0.05) is 11.8 Å². The van der Waals surface area contributed by atoms with Crippen molar-refractivity contribution in [2.45, 2.75) is 12.8 Å². The fourth-order valence-electron chi connectivity index (χ4n) is 2.51. The molecule has 0 bridgehead atoms. The van der Waals surface area contributed by atoms with Gasteiger partial charge in [0.25, 0.3) is 5.91 Å². The molecule has 0 aliphatic carbocycles. The van der Waals surface area contributed by atoms with Gasteiger partial charge in [0.2, 0.25) is 0 Å². The zero-order valence-electron chi connectivity index (χ0n) is 16.3. The highest BCUT2D eigenvalue weighted by atomic mass is 19.4. The van der Waals surface area contributed by atoms with E-state index in [9.17, 15) is 28.0 Å². The van der Waals surface area contributed by atoms with Gasteiger partial charge in [-0.1, -0.05) is 6.07 Å². The minimum atomic E-state index is -4.52. The van der Waals surface area contributed by atoms with E-state index in [1.165, 1.54) is 54.9 Å². The van der Waals surface area contributed by atoms with E-state index in [4.69, 9.17) is 9.47 Å². The maximum atomic E-state index is 12.7. The molecule has 11 heteroatoms. The molecule has 1 heterocycles. The highest BCUT2D eigenvalue weighted by Gasteiger charge is 2.30. The number of ether oxygens (including phenoxy) is 2. The summed E-state index contributed by atoms with van der Waals surface area (Å²) in [5.74, 6) is -1.07. The van der Waals surface area contributed by atoms with Gasteiger partial charge in [-0.2, -0.15) is 13.2 Å². The molecule has 0 fully saturated rings. The van der Waals surface area contributed by atoms with E-state index in [0.717, 1.165) is 12.1 Å². The number of nitrogens with zero attached hydrogens (tertiary/aromatic N) is 2. The van der Waals surface area contributed by atoms with E-state index in [1.807, 2.05) is 0 Å². The summed E-state index contributed by atoms with van der Waals surface area (Å²) >= 11 is 0. The van der Waals surface area contributed by atoms with Crippen LogP contribution in [-0.2, 0) is 22.3 Å². The number of aromatic nitrogens is 2. The van der Waals surface area contributed by atoms with Crippen LogP contribution in [0.2, 0.25) is 0 Å². The quantitative estimate of drug-likeness (QED) is 0.339. The minimum Gasteiger partial charge on any atom is -0.711 e. The van der Waals surface area contributed by atoms with Crippen LogP contribution in [0.1, 0.15) is 21.7 Å². The van der Waals surface area contributed by atoms with Crippen LogP contribution < -0.4 is 14.8 Å². The second-order valence-corrected chi connectivity index (χ2v) is 6.38. The highest BCUT2D eigenvalue weighted by molar-refractivity contribution is 5.92. The molecule has 0 unspecified atom stereocenters. The smallest absolute Gasteiger partial charge is 0.416 e. The first-order valence-corrected chi connectivity index (χ1v) is 9.12. The maximum Gasteiger partial charge on any atom is 0.416 e. The summed E-state index contributed by atoms with van der Waals surface area (Å²) in [7, 11) is 0. The predicted molar refractivity (Wildman–Crippen MR) is 104 cm³/mol. The second kappa shape index (κ2) is 9.77. The van der Waals surface area contributed by atoms with Crippen LogP contribution >= 0.6 is 0 Å². The van der Waals surface area contributed by atoms with Gasteiger partial charge in [-0.3, -0.25) is 4.79 Å². The lowest BCUT2D eigenvalue weighted by Crippen LogP contribution is -2.33. The van der Waals surface area contributed by atoms with Gasteiger partial charge in [0.05, 0.1) is 17.3 Å². The fourth-order valence-corrected chi connectivity index (χ4v) is 2.51. The van der Waals surface area contributed by atoms with Crippen molar-refractivity contribution in [2.75, 3.05) is 11.9 Å². The number of hydrogen-bond acceptors (Lipinski definition) is 6. The Labute approximate surface area is 179 Å². The topological polar surface area (TPSA) is 104 Å². The van der Waals surface area contributed by atoms with E-state index in [1.54, 1.807) is 0 Å². The lowest BCUT2D eigenvalue weighted by molar-refractivity contribution is -0.620. The Morgan fingerprint density at radius 2 is 1.84 bits per heavy atom. The molecule has 0 saturated heterocycles. The monoisotopic (exact) mass is 447 g/mol. The van der Waals surface area contributed by atoms with Gasteiger partial charge in [-0.25, -0.2) is 9.52 Å². The van der Waals surface area contributed by atoms with E-state index in [2.05, 4.69) is 10.3 Å². The Balaban J connectivity index is 1.49. The van der Waals surface area contributed by atoms with Crippen LogP contribution in [0.4, 0.5) is 18.9 Å². The number of halogens is 3. The number of nitrogens with one attached hydrogen (secondary N) is 1. The molecule has 0 spiro atoms. The van der Waals surface area contributed by atoms with Gasteiger partial charge in [0.15, 0.2) is 13.2 Å². The molecule has 0 saturated carbocycles. The van der Waals surface area contributed by atoms with Crippen molar-refractivity contribution in [1.29, 1.82) is 0 Å². The molecule has 1 amide bonds. The molecule has 3 rings (SSSR count). The summed E-state index contributed by atoms with van der Waals surface area (Å²) in [6, 6.07) is 11.3. The predicted octanol–water partition coefficient (Wildman–Crippen LogP) is 3.11. The Kier molecular flexibility index (Phi) is 6.88. The van der Waals surface area contributed by atoms with Crippen LogP contribution in [0, 0.1) is 5.21 Å². The first-order valence-electron chi connectivity index (χ1n) is 9.12. The highest BCUT2D eigenvalue weighted by Crippen LogP contribution is 2.30. The van der Waals surface area contributed by atoms with Gasteiger partial charge in [-0.05, 0) is 47.4 Å². The van der Waals surface area contributed by atoms with Crippen molar-refractivity contribution >= 4 is 17.6 Å². The molecule has 166 valence electrons. The molecular formula is C21H16F3N3O5. The largest absolute Gasteiger partial charge is 0.711 e. The van der Waals surface area contributed by atoms with Crippen LogP contribution in [0.5, 0.6) is 5.75 Å². The average molecular weight is 447 g/mol. The van der Waals surface area contributed by atoms with Crippen LogP contribution in [0.25, 0.3) is 0 Å². The second-order valence-electron chi connectivity index (χ2n) is 6.38. The van der Waals surface area contributed by atoms with Gasteiger partial charge < -0.3 is 20.0 Å². The van der Waals surface area contributed by atoms with Crippen LogP contribution in [0.3, 0.4) is 0 Å². The average Bonchev–Trinajstić information content (AvgIpc) is 2.77. The molecule has 8 nitrogen and oxygen atoms in total. The van der Waals surface area contributed by atoms with Crippen molar-refractivity contribution in [3.8, 4) is 5.75 Å². The van der Waals surface area contributed by atoms with Crippen molar-refractivity contribution < 1.29 is 37.0 Å². The molecule has 0 radical (unpaired) electrons. The summed E-state index contributed by atoms with van der Waals surface area (Å²) < 4.78 is 49.0. The van der Waals surface area contributed by atoms with E-state index < -0.39 is 30.2 Å². The van der Waals surface area contributed by atoms with Gasteiger partial charge in [-0.15, -0.1) is 0 Å². The van der Waals surface area contributed by atoms with E-state index in [0.29, 0.717) is 4.73 Å². The number of amides is 1. The number of hydrogen-bond donors (Lipinski definition) is 1. The van der Waals surface area contributed by atoms with Gasteiger partial charge in [0.1, 0.15) is 11.9 Å². The maximum absolute atomic E-state index is 12.7. The standard InChI is InChI=1S/C21H16F3N3O5/c22-21(23,24)15-3-1-4-16(11-15)26-19(28)13-31-17-7-5-14(6-8-17)20(29)32-12-18-25-9-2-10-27(18)30/h1-11H,12-13H2,(H,26,28). The number of alkyl halides is 3. The summed E-state index contributed by atoms with van der Waals surface area (Å²) in [5, 5.41) is 13.8. The third-order valence-corrected chi connectivity index (χ3v) is 4.05. The number of carbonyl (C=O) groups is 2. The first kappa shape index (κ1) is 22.5. The van der Waals surface area contributed by atoms with Crippen LogP contribution in [-0.4, -0.2) is 23.5 Å². The van der Waals surface area contributed by atoms with Crippen LogP contribution in [0.15, 0.2) is 67.0 Å². The zero-order chi connectivity index (χ0) is 23.1. The Bertz CT molecular complexity index is 1100. The minimum absolute atomic E-state index is 0.0150. The number of carbonyl (C=O) groups excluding carboxylic acids is 2. The number of anilines is 1. The Morgan fingerprint density at radius 1 is 1.09 bits per heavy atom. The normalized spacial score (nSPS) is 11.0. The Hall–Kier alpha value is -4.15. The molecule has 3 aromatic rings. The van der Waals surface area contributed by atoms with E-state index >= 15 is 0 Å². The molecular weight excluding hydrogens is 431 g/mol. The fraction of sp³-hybridized carbons (Fsp3) is 0.143.